The van der Waals surface area contributed by atoms with Crippen molar-refractivity contribution in [3.63, 3.8) is 0 Å². The fraction of sp³-hybridized carbons (Fsp3) is 0.286. The summed E-state index contributed by atoms with van der Waals surface area (Å²) in [6, 6.07) is 6.32. The lowest BCUT2D eigenvalue weighted by atomic mass is 10.0. The van der Waals surface area contributed by atoms with E-state index < -0.39 is 11.6 Å². The molecule has 0 aliphatic heterocycles. The number of pyridine rings is 1. The topological polar surface area (TPSA) is 42.4 Å². The standard InChI is InChI=1S/C21H23F2NO2/c1-3-13-26-19-12-10-17(14-24-19)18-11-9-16(20(22)21(18)23)8-6-4-5-7-15(2)25/h3,6,8-12,14-15,25H,1,4-5,7,13H2,2H3. The number of aliphatic hydroxyl groups is 1. The maximum absolute atomic E-state index is 14.4. The van der Waals surface area contributed by atoms with Crippen LogP contribution in [0.25, 0.3) is 17.2 Å². The van der Waals surface area contributed by atoms with Crippen LogP contribution in [0.15, 0.2) is 49.2 Å². The Morgan fingerprint density at radius 2 is 2.04 bits per heavy atom. The van der Waals surface area contributed by atoms with Crippen LogP contribution >= 0.6 is 0 Å². The number of halogens is 2. The van der Waals surface area contributed by atoms with E-state index in [0.717, 1.165) is 6.42 Å². The van der Waals surface area contributed by atoms with Crippen LogP contribution in [0.3, 0.4) is 0 Å². The number of nitrogens with zero attached hydrogens (tertiary/aromatic N) is 1. The second-order valence-corrected chi connectivity index (χ2v) is 6.00. The van der Waals surface area contributed by atoms with Gasteiger partial charge in [0.1, 0.15) is 6.61 Å². The molecular formula is C21H23F2NO2. The number of unbranched alkanes of at least 4 members (excludes halogenated alkanes) is 1. The maximum atomic E-state index is 14.4. The van der Waals surface area contributed by atoms with Crippen LogP contribution in [0.4, 0.5) is 8.78 Å². The fourth-order valence-corrected chi connectivity index (χ4v) is 2.43. The van der Waals surface area contributed by atoms with Crippen molar-refractivity contribution in [3.05, 3.63) is 66.4 Å². The summed E-state index contributed by atoms with van der Waals surface area (Å²) >= 11 is 0. The molecule has 3 nitrogen and oxygen atoms in total. The highest BCUT2D eigenvalue weighted by molar-refractivity contribution is 5.66. The van der Waals surface area contributed by atoms with Gasteiger partial charge in [0.2, 0.25) is 5.88 Å². The first-order valence-electron chi connectivity index (χ1n) is 8.55. The molecule has 2 aromatic rings. The van der Waals surface area contributed by atoms with E-state index in [-0.39, 0.29) is 17.2 Å². The van der Waals surface area contributed by atoms with Crippen molar-refractivity contribution in [1.29, 1.82) is 0 Å². The van der Waals surface area contributed by atoms with E-state index in [9.17, 15) is 13.9 Å². The van der Waals surface area contributed by atoms with E-state index in [1.165, 1.54) is 12.3 Å². The molecule has 1 heterocycles. The Bertz CT molecular complexity index is 755. The van der Waals surface area contributed by atoms with Crippen LogP contribution in [0.2, 0.25) is 0 Å². The van der Waals surface area contributed by atoms with Gasteiger partial charge in [-0.15, -0.1) is 0 Å². The van der Waals surface area contributed by atoms with E-state index in [1.54, 1.807) is 43.4 Å². The lowest BCUT2D eigenvalue weighted by molar-refractivity contribution is 0.182. The minimum atomic E-state index is -0.905. The first-order valence-corrected chi connectivity index (χ1v) is 8.55. The highest BCUT2D eigenvalue weighted by atomic mass is 19.2. The largest absolute Gasteiger partial charge is 0.473 e. The molecule has 0 fully saturated rings. The lowest BCUT2D eigenvalue weighted by Gasteiger charge is -2.08. The fourth-order valence-electron chi connectivity index (χ4n) is 2.43. The van der Waals surface area contributed by atoms with E-state index in [2.05, 4.69) is 11.6 Å². The second kappa shape index (κ2) is 9.82. The Morgan fingerprint density at radius 1 is 1.23 bits per heavy atom. The van der Waals surface area contributed by atoms with E-state index in [4.69, 9.17) is 4.74 Å². The molecule has 0 aliphatic rings. The first kappa shape index (κ1) is 19.8. The minimum absolute atomic E-state index is 0.150. The van der Waals surface area contributed by atoms with Gasteiger partial charge in [0, 0.05) is 29.0 Å². The SMILES string of the molecule is C=CCOc1ccc(-c2ccc(C=CCCCC(C)O)c(F)c2F)cn1. The molecule has 0 saturated heterocycles. The number of benzene rings is 1. The molecule has 1 aromatic carbocycles. The van der Waals surface area contributed by atoms with Crippen molar-refractivity contribution in [3.8, 4) is 17.0 Å². The zero-order valence-electron chi connectivity index (χ0n) is 14.8. The van der Waals surface area contributed by atoms with Crippen molar-refractivity contribution in [2.75, 3.05) is 6.61 Å². The van der Waals surface area contributed by atoms with Crippen molar-refractivity contribution in [2.45, 2.75) is 32.3 Å². The quantitative estimate of drug-likeness (QED) is 0.497. The van der Waals surface area contributed by atoms with Gasteiger partial charge in [-0.1, -0.05) is 36.9 Å². The highest BCUT2D eigenvalue weighted by Crippen LogP contribution is 2.27. The average Bonchev–Trinajstić information content (AvgIpc) is 2.63. The lowest BCUT2D eigenvalue weighted by Crippen LogP contribution is -1.97. The highest BCUT2D eigenvalue weighted by Gasteiger charge is 2.13. The average molecular weight is 359 g/mol. The van der Waals surface area contributed by atoms with Crippen LogP contribution in [-0.2, 0) is 0 Å². The van der Waals surface area contributed by atoms with Crippen molar-refractivity contribution in [1.82, 2.24) is 4.98 Å². The molecule has 0 aliphatic carbocycles. The summed E-state index contributed by atoms with van der Waals surface area (Å²) in [4.78, 5) is 4.08. The number of allylic oxidation sites excluding steroid dienone is 1. The Kier molecular flexibility index (Phi) is 7.48. The second-order valence-electron chi connectivity index (χ2n) is 6.00. The molecular weight excluding hydrogens is 336 g/mol. The van der Waals surface area contributed by atoms with Gasteiger partial charge in [-0.25, -0.2) is 13.8 Å². The van der Waals surface area contributed by atoms with Gasteiger partial charge in [0.25, 0.3) is 0 Å². The molecule has 2 rings (SSSR count). The zero-order chi connectivity index (χ0) is 18.9. The minimum Gasteiger partial charge on any atom is -0.473 e. The monoisotopic (exact) mass is 359 g/mol. The summed E-state index contributed by atoms with van der Waals surface area (Å²) in [7, 11) is 0. The number of hydrogen-bond acceptors (Lipinski definition) is 3. The Morgan fingerprint density at radius 3 is 2.69 bits per heavy atom. The van der Waals surface area contributed by atoms with E-state index >= 15 is 0 Å². The summed E-state index contributed by atoms with van der Waals surface area (Å²) in [6.07, 6.45) is 8.22. The summed E-state index contributed by atoms with van der Waals surface area (Å²) in [5.74, 6) is -1.40. The third kappa shape index (κ3) is 5.49. The van der Waals surface area contributed by atoms with Gasteiger partial charge in [-0.2, -0.15) is 0 Å². The normalized spacial score (nSPS) is 12.3. The third-order valence-corrected chi connectivity index (χ3v) is 3.80. The van der Waals surface area contributed by atoms with Gasteiger partial charge in [-0.3, -0.25) is 0 Å². The predicted molar refractivity (Wildman–Crippen MR) is 99.8 cm³/mol. The van der Waals surface area contributed by atoms with Gasteiger partial charge in [-0.05, 0) is 32.3 Å². The maximum Gasteiger partial charge on any atom is 0.213 e. The summed E-state index contributed by atoms with van der Waals surface area (Å²) in [5.41, 5.74) is 0.818. The number of aromatic nitrogens is 1. The molecule has 1 N–H and O–H groups in total. The molecule has 0 radical (unpaired) electrons. The van der Waals surface area contributed by atoms with Crippen LogP contribution in [0.5, 0.6) is 5.88 Å². The summed E-state index contributed by atoms with van der Waals surface area (Å²) in [6.45, 7) is 5.60. The van der Waals surface area contributed by atoms with Crippen LogP contribution < -0.4 is 4.74 Å². The smallest absolute Gasteiger partial charge is 0.213 e. The molecule has 138 valence electrons. The number of ether oxygens (including phenoxy) is 1. The van der Waals surface area contributed by atoms with Crippen molar-refractivity contribution in [2.24, 2.45) is 0 Å². The van der Waals surface area contributed by atoms with Crippen molar-refractivity contribution < 1.29 is 18.6 Å². The van der Waals surface area contributed by atoms with Crippen LogP contribution in [0, 0.1) is 11.6 Å². The van der Waals surface area contributed by atoms with Crippen LogP contribution in [-0.4, -0.2) is 22.8 Å². The Hall–Kier alpha value is -2.53. The molecule has 0 spiro atoms. The van der Waals surface area contributed by atoms with Gasteiger partial charge in [0.05, 0.1) is 6.10 Å². The Balaban J connectivity index is 2.11. The first-order chi connectivity index (χ1) is 12.5. The number of hydrogen-bond donors (Lipinski definition) is 1. The molecule has 1 unspecified atom stereocenters. The van der Waals surface area contributed by atoms with E-state index in [1.807, 2.05) is 0 Å². The van der Waals surface area contributed by atoms with Gasteiger partial charge >= 0.3 is 0 Å². The molecule has 26 heavy (non-hydrogen) atoms. The molecule has 0 amide bonds. The molecule has 0 bridgehead atoms. The van der Waals surface area contributed by atoms with E-state index in [0.29, 0.717) is 30.9 Å². The molecule has 1 aromatic heterocycles. The number of aliphatic hydroxyl groups excluding tert-OH is 1. The van der Waals surface area contributed by atoms with Crippen LogP contribution in [0.1, 0.15) is 31.7 Å². The summed E-state index contributed by atoms with van der Waals surface area (Å²) in [5, 5.41) is 9.20. The number of rotatable bonds is 9. The molecule has 1 atom stereocenters. The van der Waals surface area contributed by atoms with Crippen molar-refractivity contribution >= 4 is 6.08 Å². The Labute approximate surface area is 152 Å². The third-order valence-electron chi connectivity index (χ3n) is 3.80. The zero-order valence-corrected chi connectivity index (χ0v) is 14.8. The predicted octanol–water partition coefficient (Wildman–Crippen LogP) is 5.16. The molecule has 5 heteroatoms. The molecule has 0 saturated carbocycles. The van der Waals surface area contributed by atoms with Gasteiger partial charge < -0.3 is 9.84 Å². The van der Waals surface area contributed by atoms with Gasteiger partial charge in [0.15, 0.2) is 11.6 Å². The summed E-state index contributed by atoms with van der Waals surface area (Å²) < 4.78 is 34.0.